The van der Waals surface area contributed by atoms with Gasteiger partial charge >= 0.3 is 5.97 Å². The third-order valence-corrected chi connectivity index (χ3v) is 3.29. The maximum absolute atomic E-state index is 11.8. The minimum Gasteiger partial charge on any atom is -0.494 e. The molecule has 0 aliphatic carbocycles. The van der Waals surface area contributed by atoms with Gasteiger partial charge in [-0.25, -0.2) is 4.79 Å². The lowest BCUT2D eigenvalue weighted by atomic mass is 10.2. The molecular weight excluding hydrogens is 286 g/mol. The summed E-state index contributed by atoms with van der Waals surface area (Å²) in [6.45, 7) is 3.36. The van der Waals surface area contributed by atoms with Crippen molar-refractivity contribution in [1.82, 2.24) is 5.32 Å². The van der Waals surface area contributed by atoms with Crippen molar-refractivity contribution in [3.05, 3.63) is 29.8 Å². The number of nitrogens with one attached hydrogen (secondary N) is 1. The second-order valence-electron chi connectivity index (χ2n) is 4.97. The molecule has 0 saturated carbocycles. The van der Waals surface area contributed by atoms with Gasteiger partial charge in [0.1, 0.15) is 5.75 Å². The van der Waals surface area contributed by atoms with E-state index >= 15 is 0 Å². The zero-order valence-corrected chi connectivity index (χ0v) is 12.7. The first-order chi connectivity index (χ1) is 10.7. The van der Waals surface area contributed by atoms with Crippen LogP contribution in [0.1, 0.15) is 30.1 Å². The summed E-state index contributed by atoms with van der Waals surface area (Å²) in [7, 11) is 0. The molecule has 2 rings (SSSR count). The minimum atomic E-state index is -0.532. The number of hydrogen-bond acceptors (Lipinski definition) is 5. The Bertz CT molecular complexity index is 494. The zero-order valence-electron chi connectivity index (χ0n) is 12.7. The van der Waals surface area contributed by atoms with E-state index in [1.54, 1.807) is 24.3 Å². The average molecular weight is 307 g/mol. The average Bonchev–Trinajstić information content (AvgIpc) is 3.05. The second kappa shape index (κ2) is 8.38. The first-order valence-electron chi connectivity index (χ1n) is 7.47. The summed E-state index contributed by atoms with van der Waals surface area (Å²) in [4.78, 5) is 23.4. The van der Waals surface area contributed by atoms with Crippen molar-refractivity contribution in [3.63, 3.8) is 0 Å². The van der Waals surface area contributed by atoms with Crippen molar-refractivity contribution in [2.75, 3.05) is 26.4 Å². The van der Waals surface area contributed by atoms with Crippen molar-refractivity contribution in [3.8, 4) is 5.75 Å². The van der Waals surface area contributed by atoms with Crippen molar-refractivity contribution in [2.24, 2.45) is 0 Å². The van der Waals surface area contributed by atoms with Gasteiger partial charge in [0.2, 0.25) is 0 Å². The van der Waals surface area contributed by atoms with Gasteiger partial charge in [0.05, 0.1) is 18.3 Å². The van der Waals surface area contributed by atoms with Gasteiger partial charge in [-0.1, -0.05) is 0 Å². The Morgan fingerprint density at radius 3 is 2.73 bits per heavy atom. The normalized spacial score (nSPS) is 17.0. The van der Waals surface area contributed by atoms with E-state index in [9.17, 15) is 9.59 Å². The summed E-state index contributed by atoms with van der Waals surface area (Å²) in [6, 6.07) is 6.60. The van der Waals surface area contributed by atoms with Crippen LogP contribution >= 0.6 is 0 Å². The van der Waals surface area contributed by atoms with E-state index in [2.05, 4.69) is 5.32 Å². The van der Waals surface area contributed by atoms with Crippen LogP contribution in [-0.4, -0.2) is 44.3 Å². The van der Waals surface area contributed by atoms with E-state index in [4.69, 9.17) is 14.2 Å². The summed E-state index contributed by atoms with van der Waals surface area (Å²) >= 11 is 0. The van der Waals surface area contributed by atoms with Gasteiger partial charge in [-0.2, -0.15) is 0 Å². The molecule has 1 heterocycles. The van der Waals surface area contributed by atoms with E-state index < -0.39 is 5.97 Å². The molecule has 1 fully saturated rings. The van der Waals surface area contributed by atoms with Crippen LogP contribution in [0.3, 0.4) is 0 Å². The number of carbonyl (C=O) groups excluding carboxylic acids is 2. The van der Waals surface area contributed by atoms with Crippen LogP contribution in [0.25, 0.3) is 0 Å². The third kappa shape index (κ3) is 5.04. The minimum absolute atomic E-state index is 0.0748. The molecule has 0 spiro atoms. The Balaban J connectivity index is 1.70. The number of ether oxygens (including phenoxy) is 3. The molecule has 0 unspecified atom stereocenters. The highest BCUT2D eigenvalue weighted by atomic mass is 16.5. The summed E-state index contributed by atoms with van der Waals surface area (Å²) in [6.07, 6.45) is 2.05. The predicted octanol–water partition coefficient (Wildman–Crippen LogP) is 1.54. The summed E-state index contributed by atoms with van der Waals surface area (Å²) < 4.78 is 15.7. The van der Waals surface area contributed by atoms with Crippen LogP contribution in [-0.2, 0) is 14.3 Å². The Morgan fingerprint density at radius 1 is 1.32 bits per heavy atom. The Hall–Kier alpha value is -2.08. The predicted molar refractivity (Wildman–Crippen MR) is 79.9 cm³/mol. The van der Waals surface area contributed by atoms with Crippen molar-refractivity contribution in [1.29, 1.82) is 0 Å². The van der Waals surface area contributed by atoms with Gasteiger partial charge in [-0.05, 0) is 44.0 Å². The van der Waals surface area contributed by atoms with E-state index in [-0.39, 0.29) is 18.6 Å². The number of rotatable bonds is 7. The largest absolute Gasteiger partial charge is 0.494 e. The second-order valence-corrected chi connectivity index (χ2v) is 4.97. The molecular formula is C16H21NO5. The van der Waals surface area contributed by atoms with E-state index in [1.165, 1.54) is 0 Å². The van der Waals surface area contributed by atoms with Crippen LogP contribution in [0, 0.1) is 0 Å². The topological polar surface area (TPSA) is 73.9 Å². The first kappa shape index (κ1) is 16.3. The monoisotopic (exact) mass is 307 g/mol. The third-order valence-electron chi connectivity index (χ3n) is 3.29. The fourth-order valence-corrected chi connectivity index (χ4v) is 2.15. The van der Waals surface area contributed by atoms with Gasteiger partial charge in [-0.15, -0.1) is 0 Å². The number of hydrogen-bond donors (Lipinski definition) is 1. The van der Waals surface area contributed by atoms with Crippen LogP contribution in [0.5, 0.6) is 5.75 Å². The molecule has 0 radical (unpaired) electrons. The molecule has 120 valence electrons. The van der Waals surface area contributed by atoms with E-state index in [1.807, 2.05) is 6.92 Å². The molecule has 22 heavy (non-hydrogen) atoms. The van der Waals surface area contributed by atoms with Gasteiger partial charge in [0, 0.05) is 13.2 Å². The summed E-state index contributed by atoms with van der Waals surface area (Å²) in [5.41, 5.74) is 0.385. The fraction of sp³-hybridized carbons (Fsp3) is 0.500. The molecule has 1 saturated heterocycles. The van der Waals surface area contributed by atoms with Gasteiger partial charge in [-0.3, -0.25) is 4.79 Å². The van der Waals surface area contributed by atoms with Crippen molar-refractivity contribution in [2.45, 2.75) is 25.9 Å². The standard InChI is InChI=1S/C16H21NO5/c1-2-20-13-7-5-12(6-8-13)16(19)22-11-15(18)17-10-14-4-3-9-21-14/h5-8,14H,2-4,9-11H2,1H3,(H,17,18)/t14-/m1/s1. The molecule has 1 atom stereocenters. The van der Waals surface area contributed by atoms with Gasteiger partial charge in [0.25, 0.3) is 5.91 Å². The molecule has 6 heteroatoms. The maximum Gasteiger partial charge on any atom is 0.338 e. The molecule has 6 nitrogen and oxygen atoms in total. The number of esters is 1. The first-order valence-corrected chi connectivity index (χ1v) is 7.47. The maximum atomic E-state index is 11.8. The van der Waals surface area contributed by atoms with Crippen LogP contribution < -0.4 is 10.1 Å². The highest BCUT2D eigenvalue weighted by Crippen LogP contribution is 2.13. The Labute approximate surface area is 129 Å². The SMILES string of the molecule is CCOc1ccc(C(=O)OCC(=O)NC[C@H]2CCCO2)cc1. The molecule has 1 aromatic carbocycles. The lowest BCUT2D eigenvalue weighted by Crippen LogP contribution is -2.34. The lowest BCUT2D eigenvalue weighted by molar-refractivity contribution is -0.124. The van der Waals surface area contributed by atoms with Crippen molar-refractivity contribution < 1.29 is 23.8 Å². The number of carbonyl (C=O) groups is 2. The summed E-state index contributed by atoms with van der Waals surface area (Å²) in [5.74, 6) is -0.168. The fourth-order valence-electron chi connectivity index (χ4n) is 2.15. The molecule has 0 bridgehead atoms. The molecule has 0 aromatic heterocycles. The molecule has 1 aliphatic heterocycles. The van der Waals surface area contributed by atoms with Crippen molar-refractivity contribution >= 4 is 11.9 Å². The van der Waals surface area contributed by atoms with Gasteiger partial charge in [0.15, 0.2) is 6.61 Å². The van der Waals surface area contributed by atoms with Gasteiger partial charge < -0.3 is 19.5 Å². The molecule has 1 aromatic rings. The molecule has 1 aliphatic rings. The highest BCUT2D eigenvalue weighted by Gasteiger charge is 2.17. The van der Waals surface area contributed by atoms with Crippen LogP contribution in [0.2, 0.25) is 0 Å². The lowest BCUT2D eigenvalue weighted by Gasteiger charge is -2.11. The Morgan fingerprint density at radius 2 is 2.09 bits per heavy atom. The quantitative estimate of drug-likeness (QED) is 0.773. The number of amides is 1. The van der Waals surface area contributed by atoms with Crippen LogP contribution in [0.15, 0.2) is 24.3 Å². The summed E-state index contributed by atoms with van der Waals surface area (Å²) in [5, 5.41) is 2.70. The zero-order chi connectivity index (χ0) is 15.8. The van der Waals surface area contributed by atoms with Crippen LogP contribution in [0.4, 0.5) is 0 Å². The van der Waals surface area contributed by atoms with E-state index in [0.29, 0.717) is 24.5 Å². The smallest absolute Gasteiger partial charge is 0.338 e. The van der Waals surface area contributed by atoms with E-state index in [0.717, 1.165) is 19.4 Å². The highest BCUT2D eigenvalue weighted by molar-refractivity contribution is 5.91. The molecule has 1 amide bonds. The number of benzene rings is 1. The molecule has 1 N–H and O–H groups in total. The Kier molecular flexibility index (Phi) is 6.21.